The number of amides is 2. The molecule has 0 spiro atoms. The number of benzene rings is 2. The normalized spacial score (nSPS) is 18.7. The summed E-state index contributed by atoms with van der Waals surface area (Å²) in [5.74, 6) is 0.219. The van der Waals surface area contributed by atoms with E-state index in [1.165, 1.54) is 11.8 Å². The third-order valence-corrected chi connectivity index (χ3v) is 6.58. The largest absolute Gasteiger partial charge is 0.372 e. The van der Waals surface area contributed by atoms with E-state index in [0.717, 1.165) is 15.8 Å². The third kappa shape index (κ3) is 5.46. The van der Waals surface area contributed by atoms with Crippen molar-refractivity contribution < 1.29 is 14.3 Å². The molecule has 0 aliphatic carbocycles. The first-order valence-electron chi connectivity index (χ1n) is 10.6. The lowest BCUT2D eigenvalue weighted by Crippen LogP contribution is -2.49. The van der Waals surface area contributed by atoms with Crippen LogP contribution >= 0.6 is 23.4 Å². The van der Waals surface area contributed by atoms with Gasteiger partial charge in [-0.05, 0) is 38.1 Å². The van der Waals surface area contributed by atoms with E-state index in [1.807, 2.05) is 53.8 Å². The Morgan fingerprint density at radius 1 is 1.12 bits per heavy atom. The molecule has 1 N–H and O–H groups in total. The second-order valence-electron chi connectivity index (χ2n) is 8.04. The minimum absolute atomic E-state index is 0.0354. The van der Waals surface area contributed by atoms with Crippen LogP contribution in [-0.4, -0.2) is 52.3 Å². The number of carbonyl (C=O) groups excluding carboxylic acids is 2. The maximum atomic E-state index is 13.0. The fourth-order valence-electron chi connectivity index (χ4n) is 3.99. The van der Waals surface area contributed by atoms with Crippen LogP contribution in [0.5, 0.6) is 0 Å². The molecule has 168 valence electrons. The van der Waals surface area contributed by atoms with E-state index in [0.29, 0.717) is 23.8 Å². The Balaban J connectivity index is 1.45. The molecular formula is C24H26ClN3O3S. The van der Waals surface area contributed by atoms with Crippen molar-refractivity contribution in [1.29, 1.82) is 0 Å². The Morgan fingerprint density at radius 3 is 2.62 bits per heavy atom. The van der Waals surface area contributed by atoms with Crippen molar-refractivity contribution in [2.24, 2.45) is 0 Å². The van der Waals surface area contributed by atoms with E-state index in [9.17, 15) is 9.59 Å². The predicted molar refractivity (Wildman–Crippen MR) is 129 cm³/mol. The number of halogens is 1. The lowest BCUT2D eigenvalue weighted by atomic mass is 10.2. The lowest BCUT2D eigenvalue weighted by Gasteiger charge is -2.35. The lowest BCUT2D eigenvalue weighted by molar-refractivity contribution is -0.143. The van der Waals surface area contributed by atoms with Crippen LogP contribution in [0.1, 0.15) is 13.8 Å². The monoisotopic (exact) mass is 471 g/mol. The second kappa shape index (κ2) is 9.98. The first-order chi connectivity index (χ1) is 15.4. The van der Waals surface area contributed by atoms with Gasteiger partial charge in [-0.3, -0.25) is 9.59 Å². The molecule has 3 aromatic rings. The van der Waals surface area contributed by atoms with E-state index in [-0.39, 0.29) is 36.3 Å². The molecule has 2 amide bonds. The van der Waals surface area contributed by atoms with Gasteiger partial charge in [-0.2, -0.15) is 0 Å². The summed E-state index contributed by atoms with van der Waals surface area (Å²) in [6.45, 7) is 5.45. The summed E-state index contributed by atoms with van der Waals surface area (Å²) in [4.78, 5) is 28.3. The molecule has 1 fully saturated rings. The highest BCUT2D eigenvalue weighted by molar-refractivity contribution is 8.00. The van der Waals surface area contributed by atoms with Crippen LogP contribution in [0.3, 0.4) is 0 Å². The molecule has 1 saturated heterocycles. The zero-order valence-electron chi connectivity index (χ0n) is 18.1. The quantitative estimate of drug-likeness (QED) is 0.531. The first-order valence-corrected chi connectivity index (χ1v) is 11.9. The van der Waals surface area contributed by atoms with Gasteiger partial charge in [0, 0.05) is 45.8 Å². The van der Waals surface area contributed by atoms with Gasteiger partial charge in [0.05, 0.1) is 18.0 Å². The maximum absolute atomic E-state index is 13.0. The van der Waals surface area contributed by atoms with Gasteiger partial charge < -0.3 is 19.5 Å². The van der Waals surface area contributed by atoms with E-state index in [1.54, 1.807) is 24.3 Å². The summed E-state index contributed by atoms with van der Waals surface area (Å²) in [5.41, 5.74) is 1.65. The average Bonchev–Trinajstić information content (AvgIpc) is 3.09. The van der Waals surface area contributed by atoms with Crippen molar-refractivity contribution >= 4 is 51.8 Å². The van der Waals surface area contributed by atoms with Crippen molar-refractivity contribution in [3.63, 3.8) is 0 Å². The van der Waals surface area contributed by atoms with Gasteiger partial charge in [0.15, 0.2) is 0 Å². The van der Waals surface area contributed by atoms with Gasteiger partial charge in [-0.25, -0.2) is 0 Å². The van der Waals surface area contributed by atoms with Crippen LogP contribution in [-0.2, 0) is 20.9 Å². The SMILES string of the molecule is C[C@@H]1CN(C(=O)Cn2cc(SCC(=O)Nc3cccc(Cl)c3)c3ccccc32)C[C@H](C)O1. The van der Waals surface area contributed by atoms with Gasteiger partial charge in [0.25, 0.3) is 0 Å². The molecule has 6 nitrogen and oxygen atoms in total. The Morgan fingerprint density at radius 2 is 1.88 bits per heavy atom. The zero-order valence-corrected chi connectivity index (χ0v) is 19.7. The van der Waals surface area contributed by atoms with Gasteiger partial charge in [-0.15, -0.1) is 11.8 Å². The number of morpholine rings is 1. The number of para-hydroxylation sites is 1. The van der Waals surface area contributed by atoms with Crippen molar-refractivity contribution in [2.45, 2.75) is 37.5 Å². The Labute approximate surface area is 196 Å². The number of rotatable bonds is 6. The molecule has 2 atom stereocenters. The Hall–Kier alpha value is -2.48. The van der Waals surface area contributed by atoms with Crippen LogP contribution in [0, 0.1) is 0 Å². The summed E-state index contributed by atoms with van der Waals surface area (Å²) in [7, 11) is 0. The summed E-state index contributed by atoms with van der Waals surface area (Å²) >= 11 is 7.44. The number of aromatic nitrogens is 1. The standard InChI is InChI=1S/C24H26ClN3O3S/c1-16-11-28(12-17(2)31-16)24(30)14-27-13-22(20-8-3-4-9-21(20)27)32-15-23(29)26-19-7-5-6-18(25)10-19/h3-10,13,16-17H,11-12,14-15H2,1-2H3,(H,26,29)/t16-,17+. The van der Waals surface area contributed by atoms with E-state index < -0.39 is 0 Å². The highest BCUT2D eigenvalue weighted by Crippen LogP contribution is 2.30. The maximum Gasteiger partial charge on any atom is 0.242 e. The molecule has 1 aromatic heterocycles. The van der Waals surface area contributed by atoms with E-state index in [2.05, 4.69) is 5.32 Å². The fourth-order valence-corrected chi connectivity index (χ4v) is 5.07. The van der Waals surface area contributed by atoms with Crippen molar-refractivity contribution in [3.05, 3.63) is 59.8 Å². The highest BCUT2D eigenvalue weighted by Gasteiger charge is 2.26. The number of nitrogens with one attached hydrogen (secondary N) is 1. The number of fused-ring (bicyclic) bond motifs is 1. The fraction of sp³-hybridized carbons (Fsp3) is 0.333. The summed E-state index contributed by atoms with van der Waals surface area (Å²) in [5, 5.41) is 4.48. The number of thioether (sulfide) groups is 1. The zero-order chi connectivity index (χ0) is 22.7. The van der Waals surface area contributed by atoms with Crippen LogP contribution in [0.25, 0.3) is 10.9 Å². The molecule has 0 radical (unpaired) electrons. The van der Waals surface area contributed by atoms with Gasteiger partial charge in [0.2, 0.25) is 11.8 Å². The van der Waals surface area contributed by atoms with Crippen LogP contribution in [0.4, 0.5) is 5.69 Å². The van der Waals surface area contributed by atoms with Crippen molar-refractivity contribution in [1.82, 2.24) is 9.47 Å². The van der Waals surface area contributed by atoms with E-state index >= 15 is 0 Å². The molecule has 0 unspecified atom stereocenters. The smallest absolute Gasteiger partial charge is 0.242 e. The minimum atomic E-state index is -0.110. The van der Waals surface area contributed by atoms with Crippen LogP contribution in [0.15, 0.2) is 59.6 Å². The number of nitrogens with zero attached hydrogens (tertiary/aromatic N) is 2. The molecule has 1 aliphatic rings. The van der Waals surface area contributed by atoms with Crippen molar-refractivity contribution in [3.8, 4) is 0 Å². The Kier molecular flexibility index (Phi) is 7.08. The molecular weight excluding hydrogens is 446 g/mol. The number of hydrogen-bond donors (Lipinski definition) is 1. The van der Waals surface area contributed by atoms with Crippen molar-refractivity contribution in [2.75, 3.05) is 24.2 Å². The van der Waals surface area contributed by atoms with Crippen LogP contribution < -0.4 is 5.32 Å². The Bertz CT molecular complexity index is 1120. The van der Waals surface area contributed by atoms with Gasteiger partial charge >= 0.3 is 0 Å². The molecule has 0 saturated carbocycles. The summed E-state index contributed by atoms with van der Waals surface area (Å²) in [6.07, 6.45) is 2.04. The molecule has 1 aliphatic heterocycles. The highest BCUT2D eigenvalue weighted by atomic mass is 35.5. The van der Waals surface area contributed by atoms with Gasteiger partial charge in [0.1, 0.15) is 6.54 Å². The predicted octanol–water partition coefficient (Wildman–Crippen LogP) is 4.66. The third-order valence-electron chi connectivity index (χ3n) is 5.30. The van der Waals surface area contributed by atoms with Crippen LogP contribution in [0.2, 0.25) is 5.02 Å². The number of ether oxygens (including phenoxy) is 1. The minimum Gasteiger partial charge on any atom is -0.372 e. The number of anilines is 1. The molecule has 32 heavy (non-hydrogen) atoms. The molecule has 2 heterocycles. The molecule has 8 heteroatoms. The average molecular weight is 472 g/mol. The molecule has 4 rings (SSSR count). The summed E-state index contributed by atoms with van der Waals surface area (Å²) in [6, 6.07) is 15.0. The molecule has 0 bridgehead atoms. The summed E-state index contributed by atoms with van der Waals surface area (Å²) < 4.78 is 7.72. The van der Waals surface area contributed by atoms with E-state index in [4.69, 9.17) is 16.3 Å². The van der Waals surface area contributed by atoms with Gasteiger partial charge in [-0.1, -0.05) is 35.9 Å². The number of carbonyl (C=O) groups is 2. The molecule has 2 aromatic carbocycles. The second-order valence-corrected chi connectivity index (χ2v) is 9.50. The topological polar surface area (TPSA) is 63.6 Å². The first kappa shape index (κ1) is 22.7. The number of hydrogen-bond acceptors (Lipinski definition) is 4.